The molecule has 236 valence electrons. The first-order valence-electron chi connectivity index (χ1n) is 11.9. The smallest absolute Gasteiger partial charge is 0.487 e. The van der Waals surface area contributed by atoms with Gasteiger partial charge in [-0.05, 0) is 6.92 Å². The number of nitrogens with one attached hydrogen (secondary N) is 1. The summed E-state index contributed by atoms with van der Waals surface area (Å²) in [5.74, 6) is 6.02. The number of fused-ring (bicyclic) bond motifs is 1. The van der Waals surface area contributed by atoms with Gasteiger partial charge in [0.1, 0.15) is 24.1 Å². The van der Waals surface area contributed by atoms with Crippen LogP contribution in [-0.2, 0) is 36.3 Å². The van der Waals surface area contributed by atoms with Crippen LogP contribution in [-0.4, -0.2) is 65.3 Å². The van der Waals surface area contributed by atoms with Crippen molar-refractivity contribution in [3.63, 3.8) is 0 Å². The predicted octanol–water partition coefficient (Wildman–Crippen LogP) is 1.86. The van der Waals surface area contributed by atoms with E-state index in [1.807, 2.05) is 20.8 Å². The number of H-pyrrole nitrogens is 1. The normalized spacial score (nSPS) is 23.6. The van der Waals surface area contributed by atoms with Gasteiger partial charge in [0.25, 0.3) is 13.4 Å². The molecule has 0 bridgehead atoms. The number of aromatic nitrogens is 3. The highest BCUT2D eigenvalue weighted by molar-refractivity contribution is 8.77. The maximum Gasteiger partial charge on any atom is 0.487 e. The fraction of sp³-hybridized carbons (Fsp3) is 0.600. The maximum absolute atomic E-state index is 12.7. The summed E-state index contributed by atoms with van der Waals surface area (Å²) in [5, 5.41) is 0.200. The Morgan fingerprint density at radius 2 is 1.95 bits per heavy atom. The number of nitrogens with zero attached hydrogens (tertiary/aromatic N) is 2. The number of aromatic amines is 1. The molecule has 0 amide bonds. The molecule has 3 rings (SSSR count). The molecule has 6 N–H and O–H groups in total. The molecule has 2 aromatic rings. The molecule has 17 nitrogen and oxygen atoms in total. The number of phosphoric ester groups is 1. The number of hydrogen-bond acceptors (Lipinski definition) is 14. The molecule has 1 aliphatic heterocycles. The van der Waals surface area contributed by atoms with Crippen molar-refractivity contribution in [1.29, 1.82) is 0 Å². The van der Waals surface area contributed by atoms with Gasteiger partial charge in [-0.15, -0.1) is 0 Å². The third kappa shape index (κ3) is 10.6. The molecule has 1 aliphatic rings. The van der Waals surface area contributed by atoms with Crippen LogP contribution in [0, 0.1) is 18.8 Å². The first kappa shape index (κ1) is 35.4. The van der Waals surface area contributed by atoms with E-state index < -0.39 is 54.1 Å². The Labute approximate surface area is 248 Å². The van der Waals surface area contributed by atoms with Gasteiger partial charge in [0, 0.05) is 17.4 Å². The molecular weight excluding hydrogens is 661 g/mol. The summed E-state index contributed by atoms with van der Waals surface area (Å²) in [6.45, 7) is 6.95. The van der Waals surface area contributed by atoms with Crippen LogP contribution in [0.2, 0.25) is 0 Å². The lowest BCUT2D eigenvalue weighted by Crippen LogP contribution is -2.29. The molecule has 0 saturated carbocycles. The average Bonchev–Trinajstić information content (AvgIpc) is 3.37. The van der Waals surface area contributed by atoms with E-state index >= 15 is 0 Å². The van der Waals surface area contributed by atoms with Crippen LogP contribution in [0.1, 0.15) is 44.8 Å². The monoisotopic (exact) mass is 691 g/mol. The number of ether oxygens (including phenoxy) is 2. The Morgan fingerprint density at radius 1 is 1.26 bits per heavy atom. The molecule has 22 heteroatoms. The van der Waals surface area contributed by atoms with Gasteiger partial charge in [-0.2, -0.15) is 4.31 Å². The van der Waals surface area contributed by atoms with E-state index in [-0.39, 0.29) is 34.7 Å². The van der Waals surface area contributed by atoms with E-state index in [1.165, 1.54) is 10.8 Å². The Hall–Kier alpha value is -1.03. The van der Waals surface area contributed by atoms with Crippen LogP contribution in [0.3, 0.4) is 0 Å². The van der Waals surface area contributed by atoms with Crippen LogP contribution in [0.15, 0.2) is 11.0 Å². The fourth-order valence-electron chi connectivity index (χ4n) is 3.71. The molecule has 3 heterocycles. The van der Waals surface area contributed by atoms with E-state index in [4.69, 9.17) is 24.6 Å². The minimum absolute atomic E-state index is 0.0448. The van der Waals surface area contributed by atoms with Gasteiger partial charge < -0.3 is 44.3 Å². The third-order valence-corrected chi connectivity index (χ3v) is 11.8. The highest BCUT2D eigenvalue weighted by Crippen LogP contribution is 2.65. The summed E-state index contributed by atoms with van der Waals surface area (Å²) in [6.07, 6.45) is -0.961. The number of rotatable bonds is 12. The molecular formula is C20H30N4O13P3S2-. The van der Waals surface area contributed by atoms with E-state index in [0.29, 0.717) is 11.4 Å². The van der Waals surface area contributed by atoms with E-state index in [1.54, 1.807) is 28.5 Å². The molecule has 42 heavy (non-hydrogen) atoms. The van der Waals surface area contributed by atoms with Crippen LogP contribution < -0.4 is 16.2 Å². The molecule has 6 atom stereocenters. The lowest BCUT2D eigenvalue weighted by Gasteiger charge is -2.23. The van der Waals surface area contributed by atoms with Crippen LogP contribution in [0.4, 0.5) is 0 Å². The Bertz CT molecular complexity index is 1540. The molecule has 2 aromatic heterocycles. The zero-order valence-electron chi connectivity index (χ0n) is 22.7. The van der Waals surface area contributed by atoms with Gasteiger partial charge in [0.05, 0.1) is 30.2 Å². The van der Waals surface area contributed by atoms with Crippen LogP contribution >= 0.6 is 45.1 Å². The second kappa shape index (κ2) is 13.9. The number of aryl methyl sites for hydroxylation is 1. The summed E-state index contributed by atoms with van der Waals surface area (Å²) in [7, 11) is -14.0. The summed E-state index contributed by atoms with van der Waals surface area (Å²) in [4.78, 5) is 58.4. The first-order valence-corrected chi connectivity index (χ1v) is 18.7. The lowest BCUT2D eigenvalue weighted by molar-refractivity contribution is -0.212. The molecule has 0 aromatic carbocycles. The Kier molecular flexibility index (Phi) is 11.8. The van der Waals surface area contributed by atoms with Crippen molar-refractivity contribution in [2.45, 2.75) is 57.3 Å². The van der Waals surface area contributed by atoms with Gasteiger partial charge in [-0.25, -0.2) is 18.4 Å². The maximum atomic E-state index is 12.7. The van der Waals surface area contributed by atoms with Crippen molar-refractivity contribution >= 4 is 56.1 Å². The van der Waals surface area contributed by atoms with E-state index in [9.17, 15) is 33.2 Å². The topological polar surface area (TPSA) is 258 Å². The zero-order chi connectivity index (χ0) is 31.5. The van der Waals surface area contributed by atoms with Gasteiger partial charge in [0.2, 0.25) is 0 Å². The summed E-state index contributed by atoms with van der Waals surface area (Å²) in [5.41, 5.74) is 5.65. The van der Waals surface area contributed by atoms with Crippen molar-refractivity contribution in [2.24, 2.45) is 5.73 Å². The minimum atomic E-state index is -5.80. The third-order valence-electron chi connectivity index (χ3n) is 5.07. The van der Waals surface area contributed by atoms with Gasteiger partial charge >= 0.3 is 15.6 Å². The Balaban J connectivity index is 1.86. The molecule has 0 aliphatic carbocycles. The van der Waals surface area contributed by atoms with Crippen LogP contribution in [0.5, 0.6) is 0 Å². The van der Waals surface area contributed by atoms with Crippen molar-refractivity contribution in [3.8, 4) is 11.8 Å². The molecule has 1 saturated heterocycles. The average molecular weight is 692 g/mol. The zero-order valence-corrected chi connectivity index (χ0v) is 27.0. The first-order chi connectivity index (χ1) is 19.3. The quantitative estimate of drug-likeness (QED) is 0.0699. The number of nitrogens with two attached hydrogens (primary N) is 1. The molecule has 0 radical (unpaired) electrons. The number of phosphoric acid groups is 3. The lowest BCUT2D eigenvalue weighted by atomic mass is 10.2. The molecule has 1 fully saturated rings. The Morgan fingerprint density at radius 3 is 2.57 bits per heavy atom. The van der Waals surface area contributed by atoms with Crippen LogP contribution in [0.25, 0.3) is 11.0 Å². The highest BCUT2D eigenvalue weighted by Gasteiger charge is 2.42. The van der Waals surface area contributed by atoms with Gasteiger partial charge in [-0.3, -0.25) is 13.9 Å². The summed E-state index contributed by atoms with van der Waals surface area (Å²) in [6, 6.07) is 0. The van der Waals surface area contributed by atoms with E-state index in [0.717, 1.165) is 0 Å². The van der Waals surface area contributed by atoms with E-state index in [2.05, 4.69) is 30.4 Å². The SMILES string of the molecule is Cc1nc2c(c(C#CCN)cn2[C@H]2C[C@@H](OCSSC(C)(C)C)[C@@H](COP(=O)(O)OP(=O)(O)OP(=O)([O-])O)O2)c(=O)[nH]1. The van der Waals surface area contributed by atoms with Crippen molar-refractivity contribution < 1.29 is 55.9 Å². The summed E-state index contributed by atoms with van der Waals surface area (Å²) < 4.78 is 60.4. The number of hydrogen-bond donors (Lipinski definition) is 5. The largest absolute Gasteiger partial charge is 0.756 e. The second-order valence-corrected chi connectivity index (χ2v) is 17.1. The van der Waals surface area contributed by atoms with Crippen molar-refractivity contribution in [1.82, 2.24) is 14.5 Å². The highest BCUT2D eigenvalue weighted by atomic mass is 33.1. The predicted molar refractivity (Wildman–Crippen MR) is 152 cm³/mol. The summed E-state index contributed by atoms with van der Waals surface area (Å²) >= 11 is 0. The fourth-order valence-corrected chi connectivity index (χ4v) is 8.71. The standard InChI is InChI=1S/C20H31N4O13P3S2/c1-12-22-18-17(19(25)23-12)13(6-5-7-21)9-24(18)16-8-14(33-11-41-42-20(2,3)4)15(35-16)10-34-39(29,30)37-40(31,32)36-38(26,27)28/h9,14-16H,7-8,10-11,21H2,1-4H3,(H,29,30)(H,31,32)(H,22,23,25)(H2,26,27,28)/p-1/t14-,15-,16-/m1/s1. The van der Waals surface area contributed by atoms with Crippen molar-refractivity contribution in [2.75, 3.05) is 19.1 Å². The molecule has 0 spiro atoms. The second-order valence-electron chi connectivity index (χ2n) is 9.67. The van der Waals surface area contributed by atoms with Gasteiger partial charge in [-0.1, -0.05) is 54.2 Å². The molecule has 3 unspecified atom stereocenters. The minimum Gasteiger partial charge on any atom is -0.756 e. The van der Waals surface area contributed by atoms with Crippen molar-refractivity contribution in [3.05, 3.63) is 27.9 Å². The van der Waals surface area contributed by atoms with Gasteiger partial charge in [0.15, 0.2) is 5.65 Å².